The Morgan fingerprint density at radius 3 is 2.87 bits per heavy atom. The fourth-order valence-electron chi connectivity index (χ4n) is 1.21. The molecule has 1 aromatic carbocycles. The van der Waals surface area contributed by atoms with E-state index in [9.17, 15) is 10.1 Å². The standard InChI is InChI=1S/C10H13ClN2O2/c1-2-3-6-12-9-7-8(11)4-5-10(9)13(14)15/h4-5,7,12H,2-3,6H2,1H3. The van der Waals surface area contributed by atoms with E-state index in [-0.39, 0.29) is 5.69 Å². The van der Waals surface area contributed by atoms with Crippen LogP contribution in [0.2, 0.25) is 5.02 Å². The molecule has 0 saturated carbocycles. The molecule has 0 heterocycles. The van der Waals surface area contributed by atoms with Crippen molar-refractivity contribution in [2.75, 3.05) is 11.9 Å². The third-order valence-electron chi connectivity index (χ3n) is 2.00. The number of unbranched alkanes of at least 4 members (excludes halogenated alkanes) is 1. The zero-order chi connectivity index (χ0) is 11.3. The molecule has 0 aliphatic heterocycles. The van der Waals surface area contributed by atoms with Crippen molar-refractivity contribution in [3.63, 3.8) is 0 Å². The van der Waals surface area contributed by atoms with Gasteiger partial charge in [-0.3, -0.25) is 10.1 Å². The first-order chi connectivity index (χ1) is 7.15. The molecule has 0 fully saturated rings. The SMILES string of the molecule is CCCCNc1cc(Cl)ccc1[N+](=O)[O-]. The summed E-state index contributed by atoms with van der Waals surface area (Å²) in [7, 11) is 0. The molecule has 0 spiro atoms. The summed E-state index contributed by atoms with van der Waals surface area (Å²) in [5.74, 6) is 0. The third kappa shape index (κ3) is 3.40. The van der Waals surface area contributed by atoms with Crippen molar-refractivity contribution < 1.29 is 4.92 Å². The number of nitro benzene ring substituents is 1. The molecular weight excluding hydrogens is 216 g/mol. The van der Waals surface area contributed by atoms with Crippen molar-refractivity contribution >= 4 is 23.0 Å². The molecule has 1 rings (SSSR count). The van der Waals surface area contributed by atoms with Gasteiger partial charge in [0.25, 0.3) is 5.69 Å². The van der Waals surface area contributed by atoms with Gasteiger partial charge in [-0.1, -0.05) is 24.9 Å². The molecule has 4 nitrogen and oxygen atoms in total. The van der Waals surface area contributed by atoms with Crippen LogP contribution < -0.4 is 5.32 Å². The summed E-state index contributed by atoms with van der Waals surface area (Å²) in [5.41, 5.74) is 0.552. The average Bonchev–Trinajstić information content (AvgIpc) is 2.18. The van der Waals surface area contributed by atoms with Crippen molar-refractivity contribution in [1.29, 1.82) is 0 Å². The molecule has 1 aromatic rings. The van der Waals surface area contributed by atoms with E-state index >= 15 is 0 Å². The first kappa shape index (κ1) is 11.8. The predicted molar refractivity (Wildman–Crippen MR) is 61.5 cm³/mol. The minimum Gasteiger partial charge on any atom is -0.379 e. The second-order valence-corrected chi connectivity index (χ2v) is 3.64. The van der Waals surface area contributed by atoms with E-state index in [4.69, 9.17) is 11.6 Å². The maximum absolute atomic E-state index is 10.7. The smallest absolute Gasteiger partial charge is 0.292 e. The Kier molecular flexibility index (Phi) is 4.37. The van der Waals surface area contributed by atoms with Crippen LogP contribution in [0.4, 0.5) is 11.4 Å². The van der Waals surface area contributed by atoms with Crippen LogP contribution in [-0.4, -0.2) is 11.5 Å². The van der Waals surface area contributed by atoms with Crippen molar-refractivity contribution in [2.24, 2.45) is 0 Å². The Morgan fingerprint density at radius 1 is 1.53 bits per heavy atom. The number of rotatable bonds is 5. The first-order valence-electron chi connectivity index (χ1n) is 4.83. The van der Waals surface area contributed by atoms with E-state index in [0.717, 1.165) is 19.4 Å². The lowest BCUT2D eigenvalue weighted by molar-refractivity contribution is -0.384. The summed E-state index contributed by atoms with van der Waals surface area (Å²) in [6.45, 7) is 2.78. The molecule has 0 bridgehead atoms. The largest absolute Gasteiger partial charge is 0.379 e. The van der Waals surface area contributed by atoms with Crippen molar-refractivity contribution in [1.82, 2.24) is 0 Å². The summed E-state index contributed by atoms with van der Waals surface area (Å²) >= 11 is 5.77. The number of halogens is 1. The Bertz CT molecular complexity index is 355. The molecule has 0 unspecified atom stereocenters. The lowest BCUT2D eigenvalue weighted by Crippen LogP contribution is -2.03. The van der Waals surface area contributed by atoms with Gasteiger partial charge in [-0.2, -0.15) is 0 Å². The number of nitro groups is 1. The topological polar surface area (TPSA) is 55.2 Å². The Hall–Kier alpha value is -1.29. The fraction of sp³-hybridized carbons (Fsp3) is 0.400. The second-order valence-electron chi connectivity index (χ2n) is 3.20. The van der Waals surface area contributed by atoms with Crippen LogP contribution >= 0.6 is 11.6 Å². The lowest BCUT2D eigenvalue weighted by Gasteiger charge is -2.06. The van der Waals surface area contributed by atoms with Gasteiger partial charge in [0.2, 0.25) is 0 Å². The highest BCUT2D eigenvalue weighted by Crippen LogP contribution is 2.27. The molecule has 5 heteroatoms. The number of nitrogens with one attached hydrogen (secondary N) is 1. The quantitative estimate of drug-likeness (QED) is 0.477. The van der Waals surface area contributed by atoms with E-state index in [1.807, 2.05) is 0 Å². The maximum Gasteiger partial charge on any atom is 0.292 e. The molecule has 0 aliphatic rings. The summed E-state index contributed by atoms with van der Waals surface area (Å²) in [6.07, 6.45) is 2.02. The number of hydrogen-bond acceptors (Lipinski definition) is 3. The molecule has 82 valence electrons. The zero-order valence-electron chi connectivity index (χ0n) is 8.50. The summed E-state index contributed by atoms with van der Waals surface area (Å²) < 4.78 is 0. The Morgan fingerprint density at radius 2 is 2.27 bits per heavy atom. The van der Waals surface area contributed by atoms with Crippen molar-refractivity contribution in [3.05, 3.63) is 33.3 Å². The van der Waals surface area contributed by atoms with Crippen molar-refractivity contribution in [3.8, 4) is 0 Å². The average molecular weight is 229 g/mol. The van der Waals surface area contributed by atoms with Crippen LogP contribution in [0.3, 0.4) is 0 Å². The highest BCUT2D eigenvalue weighted by Gasteiger charge is 2.12. The number of nitrogens with zero attached hydrogens (tertiary/aromatic N) is 1. The Labute approximate surface area is 93.4 Å². The number of hydrogen-bond donors (Lipinski definition) is 1. The van der Waals surface area contributed by atoms with E-state index in [1.165, 1.54) is 12.1 Å². The lowest BCUT2D eigenvalue weighted by atomic mass is 10.2. The molecule has 0 aliphatic carbocycles. The van der Waals surface area contributed by atoms with Gasteiger partial charge in [-0.25, -0.2) is 0 Å². The van der Waals surface area contributed by atoms with E-state index in [1.54, 1.807) is 6.07 Å². The molecule has 0 amide bonds. The number of anilines is 1. The molecule has 15 heavy (non-hydrogen) atoms. The highest BCUT2D eigenvalue weighted by molar-refractivity contribution is 6.31. The van der Waals surface area contributed by atoms with E-state index < -0.39 is 4.92 Å². The molecule has 0 radical (unpaired) electrons. The van der Waals surface area contributed by atoms with Crippen LogP contribution in [0, 0.1) is 10.1 Å². The van der Waals surface area contributed by atoms with E-state index in [0.29, 0.717) is 10.7 Å². The zero-order valence-corrected chi connectivity index (χ0v) is 9.25. The first-order valence-corrected chi connectivity index (χ1v) is 5.20. The molecule has 1 N–H and O–H groups in total. The summed E-state index contributed by atoms with van der Waals surface area (Å²) in [4.78, 5) is 10.3. The molecule has 0 saturated heterocycles. The normalized spacial score (nSPS) is 10.0. The van der Waals surface area contributed by atoms with Gasteiger partial charge in [0.1, 0.15) is 5.69 Å². The highest BCUT2D eigenvalue weighted by atomic mass is 35.5. The molecule has 0 aromatic heterocycles. The van der Waals surface area contributed by atoms with Crippen LogP contribution in [0.15, 0.2) is 18.2 Å². The predicted octanol–water partition coefficient (Wildman–Crippen LogP) is 3.46. The monoisotopic (exact) mass is 228 g/mol. The van der Waals surface area contributed by atoms with E-state index in [2.05, 4.69) is 12.2 Å². The van der Waals surface area contributed by atoms with Gasteiger partial charge in [0, 0.05) is 17.6 Å². The van der Waals surface area contributed by atoms with Gasteiger partial charge < -0.3 is 5.32 Å². The third-order valence-corrected chi connectivity index (χ3v) is 2.24. The Balaban J connectivity index is 2.82. The maximum atomic E-state index is 10.7. The van der Waals surface area contributed by atoms with Crippen LogP contribution in [0.5, 0.6) is 0 Å². The summed E-state index contributed by atoms with van der Waals surface area (Å²) in [6, 6.07) is 4.51. The van der Waals surface area contributed by atoms with Crippen LogP contribution in [-0.2, 0) is 0 Å². The fourth-order valence-corrected chi connectivity index (χ4v) is 1.38. The van der Waals surface area contributed by atoms with Gasteiger partial charge in [0.15, 0.2) is 0 Å². The minimum atomic E-state index is -0.412. The number of benzene rings is 1. The van der Waals surface area contributed by atoms with Gasteiger partial charge in [-0.15, -0.1) is 0 Å². The van der Waals surface area contributed by atoms with Gasteiger partial charge in [-0.05, 0) is 18.6 Å². The molecular formula is C10H13ClN2O2. The minimum absolute atomic E-state index is 0.0653. The van der Waals surface area contributed by atoms with Crippen molar-refractivity contribution in [2.45, 2.75) is 19.8 Å². The van der Waals surface area contributed by atoms with Gasteiger partial charge >= 0.3 is 0 Å². The molecule has 0 atom stereocenters. The van der Waals surface area contributed by atoms with Crippen LogP contribution in [0.1, 0.15) is 19.8 Å². The van der Waals surface area contributed by atoms with Crippen LogP contribution in [0.25, 0.3) is 0 Å². The second kappa shape index (κ2) is 5.56. The van der Waals surface area contributed by atoms with Gasteiger partial charge in [0.05, 0.1) is 4.92 Å². The summed E-state index contributed by atoms with van der Waals surface area (Å²) in [5, 5.41) is 14.2.